The van der Waals surface area contributed by atoms with Crippen molar-refractivity contribution in [2.75, 3.05) is 39.5 Å². The molecule has 0 aromatic rings. The van der Waals surface area contributed by atoms with Crippen LogP contribution in [0.3, 0.4) is 0 Å². The number of rotatable bonds is 7. The first-order valence-corrected chi connectivity index (χ1v) is 9.79. The molecule has 1 amide bonds. The van der Waals surface area contributed by atoms with Crippen LogP contribution in [-0.4, -0.2) is 68.2 Å². The van der Waals surface area contributed by atoms with E-state index < -0.39 is 5.60 Å². The van der Waals surface area contributed by atoms with E-state index in [9.17, 15) is 4.79 Å². The molecule has 2 rings (SSSR count). The van der Waals surface area contributed by atoms with Crippen LogP contribution in [0.25, 0.3) is 0 Å². The van der Waals surface area contributed by atoms with Crippen LogP contribution >= 0.6 is 0 Å². The maximum absolute atomic E-state index is 12.1. The topological polar surface area (TPSA) is 60.0 Å². The molecule has 0 spiro atoms. The minimum atomic E-state index is -0.434. The largest absolute Gasteiger partial charge is 0.444 e. The van der Waals surface area contributed by atoms with Crippen LogP contribution in [0.2, 0.25) is 0 Å². The monoisotopic (exact) mass is 356 g/mol. The molecule has 2 heterocycles. The van der Waals surface area contributed by atoms with Crippen LogP contribution in [0.5, 0.6) is 0 Å². The van der Waals surface area contributed by atoms with Gasteiger partial charge in [-0.3, -0.25) is 0 Å². The van der Waals surface area contributed by atoms with Crippen molar-refractivity contribution in [3.63, 3.8) is 0 Å². The fourth-order valence-corrected chi connectivity index (χ4v) is 3.52. The Morgan fingerprint density at radius 1 is 1.28 bits per heavy atom. The van der Waals surface area contributed by atoms with E-state index in [-0.39, 0.29) is 12.2 Å². The van der Waals surface area contributed by atoms with E-state index in [0.717, 1.165) is 52.0 Å². The van der Waals surface area contributed by atoms with E-state index >= 15 is 0 Å². The van der Waals surface area contributed by atoms with Crippen molar-refractivity contribution in [1.29, 1.82) is 0 Å². The predicted octanol–water partition coefficient (Wildman–Crippen LogP) is 2.81. The van der Waals surface area contributed by atoms with Crippen molar-refractivity contribution >= 4 is 6.09 Å². The molecule has 0 aliphatic carbocycles. The van der Waals surface area contributed by atoms with Gasteiger partial charge in [-0.15, -0.1) is 0 Å². The van der Waals surface area contributed by atoms with Gasteiger partial charge in [0.15, 0.2) is 0 Å². The van der Waals surface area contributed by atoms with E-state index in [4.69, 9.17) is 14.2 Å². The van der Waals surface area contributed by atoms with E-state index in [1.54, 1.807) is 4.90 Å². The lowest BCUT2D eigenvalue weighted by atomic mass is 9.97. The molecular formula is C19H36N2O4. The Hall–Kier alpha value is -0.850. The molecular weight excluding hydrogens is 320 g/mol. The van der Waals surface area contributed by atoms with E-state index in [2.05, 4.69) is 12.2 Å². The maximum atomic E-state index is 12.1. The highest BCUT2D eigenvalue weighted by atomic mass is 16.6. The summed E-state index contributed by atoms with van der Waals surface area (Å²) in [6, 6.07) is 0.528. The number of amides is 1. The van der Waals surface area contributed by atoms with Gasteiger partial charge < -0.3 is 24.4 Å². The lowest BCUT2D eigenvalue weighted by molar-refractivity contribution is -0.0110. The standard InChI is InChI=1S/C19H36N2O4/c1-5-17(15-8-12-23-14-15)20-9-13-24-16-6-10-21(11-7-16)18(22)25-19(2,3)4/h15-17,20H,5-14H2,1-4H3. The Balaban J connectivity index is 1.58. The number of nitrogens with zero attached hydrogens (tertiary/aromatic N) is 1. The quantitative estimate of drug-likeness (QED) is 0.711. The molecule has 6 heteroatoms. The van der Waals surface area contributed by atoms with Gasteiger partial charge in [0.25, 0.3) is 0 Å². The third-order valence-corrected chi connectivity index (χ3v) is 4.93. The number of hydrogen-bond donors (Lipinski definition) is 1. The Morgan fingerprint density at radius 3 is 2.56 bits per heavy atom. The molecule has 146 valence electrons. The first-order valence-electron chi connectivity index (χ1n) is 9.79. The first kappa shape index (κ1) is 20.5. The second-order valence-electron chi connectivity index (χ2n) is 8.13. The van der Waals surface area contributed by atoms with Gasteiger partial charge >= 0.3 is 6.09 Å². The van der Waals surface area contributed by atoms with Crippen molar-refractivity contribution in [1.82, 2.24) is 10.2 Å². The lowest BCUT2D eigenvalue weighted by Gasteiger charge is -2.33. The number of nitrogens with one attached hydrogen (secondary N) is 1. The van der Waals surface area contributed by atoms with E-state index in [1.807, 2.05) is 20.8 Å². The molecule has 2 saturated heterocycles. The molecule has 2 aliphatic rings. The highest BCUT2D eigenvalue weighted by Crippen LogP contribution is 2.19. The summed E-state index contributed by atoms with van der Waals surface area (Å²) in [5, 5.41) is 3.61. The summed E-state index contributed by atoms with van der Waals surface area (Å²) in [4.78, 5) is 13.8. The van der Waals surface area contributed by atoms with Gasteiger partial charge in [-0.2, -0.15) is 0 Å². The minimum absolute atomic E-state index is 0.211. The van der Waals surface area contributed by atoms with Gasteiger partial charge in [0.1, 0.15) is 5.60 Å². The second kappa shape index (κ2) is 9.74. The SMILES string of the molecule is CCC(NCCOC1CCN(C(=O)OC(C)(C)C)CC1)C1CCOC1. The molecule has 2 unspecified atom stereocenters. The molecule has 2 atom stereocenters. The summed E-state index contributed by atoms with van der Waals surface area (Å²) in [5.74, 6) is 0.641. The molecule has 2 fully saturated rings. The minimum Gasteiger partial charge on any atom is -0.444 e. The lowest BCUT2D eigenvalue weighted by Crippen LogP contribution is -2.44. The predicted molar refractivity (Wildman–Crippen MR) is 97.8 cm³/mol. The summed E-state index contributed by atoms with van der Waals surface area (Å²) in [6.45, 7) is 12.7. The average molecular weight is 357 g/mol. The Bertz CT molecular complexity index is 397. The average Bonchev–Trinajstić information content (AvgIpc) is 3.08. The van der Waals surface area contributed by atoms with E-state index in [1.165, 1.54) is 0 Å². The number of hydrogen-bond acceptors (Lipinski definition) is 5. The zero-order valence-corrected chi connectivity index (χ0v) is 16.4. The number of carbonyl (C=O) groups is 1. The van der Waals surface area contributed by atoms with Crippen LogP contribution in [0.4, 0.5) is 4.79 Å². The van der Waals surface area contributed by atoms with Gasteiger partial charge in [0, 0.05) is 32.3 Å². The molecule has 0 radical (unpaired) electrons. The van der Waals surface area contributed by atoms with Gasteiger partial charge in [-0.05, 0) is 52.4 Å². The van der Waals surface area contributed by atoms with E-state index in [0.29, 0.717) is 25.0 Å². The Kier molecular flexibility index (Phi) is 7.97. The number of ether oxygens (including phenoxy) is 3. The summed E-state index contributed by atoms with van der Waals surface area (Å²) in [5.41, 5.74) is -0.434. The fraction of sp³-hybridized carbons (Fsp3) is 0.947. The summed E-state index contributed by atoms with van der Waals surface area (Å²) >= 11 is 0. The summed E-state index contributed by atoms with van der Waals surface area (Å²) < 4.78 is 16.9. The zero-order valence-electron chi connectivity index (χ0n) is 16.4. The number of likely N-dealkylation sites (tertiary alicyclic amines) is 1. The highest BCUT2D eigenvalue weighted by Gasteiger charge is 2.27. The molecule has 0 bridgehead atoms. The molecule has 0 aromatic heterocycles. The van der Waals surface area contributed by atoms with Crippen molar-refractivity contribution in [3.8, 4) is 0 Å². The van der Waals surface area contributed by atoms with Crippen LogP contribution in [0, 0.1) is 5.92 Å². The Morgan fingerprint density at radius 2 is 2.00 bits per heavy atom. The number of carbonyl (C=O) groups excluding carboxylic acids is 1. The maximum Gasteiger partial charge on any atom is 0.410 e. The molecule has 6 nitrogen and oxygen atoms in total. The molecule has 2 aliphatic heterocycles. The molecule has 25 heavy (non-hydrogen) atoms. The third-order valence-electron chi connectivity index (χ3n) is 4.93. The van der Waals surface area contributed by atoms with Crippen LogP contribution in [0.1, 0.15) is 53.4 Å². The van der Waals surface area contributed by atoms with Gasteiger partial charge in [0.05, 0.1) is 19.3 Å². The Labute approximate surface area is 152 Å². The van der Waals surface area contributed by atoms with Gasteiger partial charge in [-0.1, -0.05) is 6.92 Å². The molecule has 0 saturated carbocycles. The number of piperidine rings is 1. The molecule has 0 aromatic carbocycles. The van der Waals surface area contributed by atoms with Crippen LogP contribution in [0.15, 0.2) is 0 Å². The second-order valence-corrected chi connectivity index (χ2v) is 8.13. The highest BCUT2D eigenvalue weighted by molar-refractivity contribution is 5.68. The summed E-state index contributed by atoms with van der Waals surface area (Å²) in [6.07, 6.45) is 4.09. The van der Waals surface area contributed by atoms with Gasteiger partial charge in [-0.25, -0.2) is 4.79 Å². The smallest absolute Gasteiger partial charge is 0.410 e. The zero-order chi connectivity index (χ0) is 18.3. The summed E-state index contributed by atoms with van der Waals surface area (Å²) in [7, 11) is 0. The fourth-order valence-electron chi connectivity index (χ4n) is 3.52. The van der Waals surface area contributed by atoms with Crippen molar-refractivity contribution < 1.29 is 19.0 Å². The van der Waals surface area contributed by atoms with Crippen LogP contribution in [-0.2, 0) is 14.2 Å². The normalized spacial score (nSPS) is 23.7. The van der Waals surface area contributed by atoms with Crippen molar-refractivity contribution in [2.45, 2.75) is 71.1 Å². The first-order chi connectivity index (χ1) is 11.9. The third kappa shape index (κ3) is 7.12. The van der Waals surface area contributed by atoms with Crippen LogP contribution < -0.4 is 5.32 Å². The van der Waals surface area contributed by atoms with Crippen molar-refractivity contribution in [2.24, 2.45) is 5.92 Å². The van der Waals surface area contributed by atoms with Gasteiger partial charge in [0.2, 0.25) is 0 Å². The van der Waals surface area contributed by atoms with Crippen molar-refractivity contribution in [3.05, 3.63) is 0 Å². The molecule has 1 N–H and O–H groups in total.